The van der Waals surface area contributed by atoms with Gasteiger partial charge in [0.15, 0.2) is 0 Å². The fraction of sp³-hybridized carbons (Fsp3) is 0.100. The number of carbonyl (C=O) groups is 1. The minimum atomic E-state index is -1.06. The summed E-state index contributed by atoms with van der Waals surface area (Å²) < 4.78 is 4.66. The molecule has 0 radical (unpaired) electrons. The average Bonchev–Trinajstić information content (AvgIpc) is 2.80. The Labute approximate surface area is 96.2 Å². The van der Waals surface area contributed by atoms with Crippen LogP contribution in [0.4, 0.5) is 11.5 Å². The molecule has 2 heterocycles. The van der Waals surface area contributed by atoms with Crippen molar-refractivity contribution < 1.29 is 14.4 Å². The third kappa shape index (κ3) is 2.51. The third-order valence-corrected chi connectivity index (χ3v) is 2.09. The zero-order chi connectivity index (χ0) is 12.3. The fourth-order valence-electron chi connectivity index (χ4n) is 1.25. The highest BCUT2D eigenvalue weighted by molar-refractivity contribution is 5.89. The van der Waals surface area contributed by atoms with Crippen LogP contribution in [0.2, 0.25) is 0 Å². The Morgan fingerprint density at radius 2 is 2.41 bits per heavy atom. The van der Waals surface area contributed by atoms with Crippen LogP contribution in [0.3, 0.4) is 0 Å². The molecule has 0 aliphatic heterocycles. The smallest absolute Gasteiger partial charge is 0.337 e. The summed E-state index contributed by atoms with van der Waals surface area (Å²) in [6.07, 6.45) is 2.70. The molecule has 0 bridgehead atoms. The number of carboxylic acid groups (broad SMARTS) is 1. The zero-order valence-corrected chi connectivity index (χ0v) is 8.75. The van der Waals surface area contributed by atoms with Gasteiger partial charge in [-0.2, -0.15) is 0 Å². The summed E-state index contributed by atoms with van der Waals surface area (Å²) in [5.41, 5.74) is 6.69. The van der Waals surface area contributed by atoms with Crippen molar-refractivity contribution in [2.75, 3.05) is 11.1 Å². The van der Waals surface area contributed by atoms with Gasteiger partial charge in [0.2, 0.25) is 0 Å². The van der Waals surface area contributed by atoms with Gasteiger partial charge in [-0.1, -0.05) is 5.16 Å². The van der Waals surface area contributed by atoms with Crippen LogP contribution in [-0.4, -0.2) is 21.2 Å². The molecule has 2 aromatic rings. The first-order valence-electron chi connectivity index (χ1n) is 4.79. The molecule has 0 aromatic carbocycles. The Hall–Kier alpha value is -2.57. The zero-order valence-electron chi connectivity index (χ0n) is 8.75. The van der Waals surface area contributed by atoms with Gasteiger partial charge in [0.1, 0.15) is 17.8 Å². The van der Waals surface area contributed by atoms with Crippen molar-refractivity contribution in [1.29, 1.82) is 0 Å². The van der Waals surface area contributed by atoms with Crippen molar-refractivity contribution in [2.24, 2.45) is 0 Å². The molecule has 0 amide bonds. The molecule has 4 N–H and O–H groups in total. The van der Waals surface area contributed by atoms with Crippen LogP contribution in [0, 0.1) is 0 Å². The molecule has 0 aliphatic rings. The first-order valence-corrected chi connectivity index (χ1v) is 4.79. The summed E-state index contributed by atoms with van der Waals surface area (Å²) >= 11 is 0. The Morgan fingerprint density at radius 1 is 1.59 bits per heavy atom. The lowest BCUT2D eigenvalue weighted by molar-refractivity contribution is 0.0696. The fourth-order valence-corrected chi connectivity index (χ4v) is 1.25. The lowest BCUT2D eigenvalue weighted by Gasteiger charge is -2.06. The van der Waals surface area contributed by atoms with Gasteiger partial charge < -0.3 is 20.7 Å². The monoisotopic (exact) mass is 234 g/mol. The molecule has 17 heavy (non-hydrogen) atoms. The topological polar surface area (TPSA) is 114 Å². The normalized spacial score (nSPS) is 10.1. The maximum atomic E-state index is 10.7. The summed E-state index contributed by atoms with van der Waals surface area (Å²) in [7, 11) is 0. The molecule has 0 saturated carbocycles. The van der Waals surface area contributed by atoms with Crippen molar-refractivity contribution in [2.45, 2.75) is 6.54 Å². The Morgan fingerprint density at radius 3 is 3.00 bits per heavy atom. The molecule has 0 aliphatic carbocycles. The second-order valence-corrected chi connectivity index (χ2v) is 3.31. The molecule has 0 spiro atoms. The number of aromatic carboxylic acids is 1. The van der Waals surface area contributed by atoms with Crippen molar-refractivity contribution in [3.05, 3.63) is 35.9 Å². The number of nitrogens with zero attached hydrogens (tertiary/aromatic N) is 2. The molecule has 7 nitrogen and oxygen atoms in total. The van der Waals surface area contributed by atoms with Crippen LogP contribution in [0.25, 0.3) is 0 Å². The third-order valence-electron chi connectivity index (χ3n) is 2.09. The predicted molar refractivity (Wildman–Crippen MR) is 59.4 cm³/mol. The number of carboxylic acids is 1. The number of anilines is 2. The van der Waals surface area contributed by atoms with E-state index >= 15 is 0 Å². The van der Waals surface area contributed by atoms with Crippen molar-refractivity contribution in [1.82, 2.24) is 10.1 Å². The van der Waals surface area contributed by atoms with Crippen molar-refractivity contribution in [3.8, 4) is 0 Å². The van der Waals surface area contributed by atoms with Crippen LogP contribution >= 0.6 is 0 Å². The number of rotatable bonds is 4. The highest BCUT2D eigenvalue weighted by atomic mass is 16.5. The molecule has 88 valence electrons. The molecule has 0 fully saturated rings. The lowest BCUT2D eigenvalue weighted by atomic mass is 10.2. The quantitative estimate of drug-likeness (QED) is 0.721. The molecule has 0 unspecified atom stereocenters. The van der Waals surface area contributed by atoms with Gasteiger partial charge in [-0.15, -0.1) is 0 Å². The lowest BCUT2D eigenvalue weighted by Crippen LogP contribution is -2.07. The van der Waals surface area contributed by atoms with E-state index in [2.05, 4.69) is 20.0 Å². The molecular weight excluding hydrogens is 224 g/mol. The number of nitrogens with two attached hydrogens (primary N) is 1. The van der Waals surface area contributed by atoms with E-state index in [4.69, 9.17) is 10.8 Å². The molecule has 2 rings (SSSR count). The van der Waals surface area contributed by atoms with Crippen LogP contribution in [0.15, 0.2) is 29.1 Å². The molecule has 2 aromatic heterocycles. The van der Waals surface area contributed by atoms with E-state index in [1.54, 1.807) is 6.07 Å². The Bertz CT molecular complexity index is 524. The van der Waals surface area contributed by atoms with Gasteiger partial charge in [-0.25, -0.2) is 9.78 Å². The van der Waals surface area contributed by atoms with E-state index in [0.29, 0.717) is 18.1 Å². The second-order valence-electron chi connectivity index (χ2n) is 3.31. The number of nitrogen functional groups attached to an aromatic ring is 1. The summed E-state index contributed by atoms with van der Waals surface area (Å²) in [5, 5.41) is 15.4. The maximum Gasteiger partial charge on any atom is 0.337 e. The number of pyridine rings is 1. The van der Waals surface area contributed by atoms with Gasteiger partial charge in [-0.3, -0.25) is 0 Å². The van der Waals surface area contributed by atoms with E-state index in [0.717, 1.165) is 0 Å². The Kier molecular flexibility index (Phi) is 2.91. The minimum absolute atomic E-state index is 0.0505. The summed E-state index contributed by atoms with van der Waals surface area (Å²) in [6.45, 7) is 0.403. The number of hydrogen-bond donors (Lipinski definition) is 3. The van der Waals surface area contributed by atoms with Crippen LogP contribution in [0.1, 0.15) is 16.1 Å². The SMILES string of the molecule is Nc1cc(C(=O)O)cnc1NCc1ccon1. The van der Waals surface area contributed by atoms with Gasteiger partial charge in [0.25, 0.3) is 0 Å². The number of hydrogen-bond acceptors (Lipinski definition) is 6. The van der Waals surface area contributed by atoms with Crippen molar-refractivity contribution in [3.63, 3.8) is 0 Å². The number of nitrogens with one attached hydrogen (secondary N) is 1. The number of aromatic nitrogens is 2. The molecule has 0 atom stereocenters. The van der Waals surface area contributed by atoms with Crippen molar-refractivity contribution >= 4 is 17.5 Å². The minimum Gasteiger partial charge on any atom is -0.478 e. The summed E-state index contributed by atoms with van der Waals surface area (Å²) in [6, 6.07) is 3.05. The highest BCUT2D eigenvalue weighted by Gasteiger charge is 2.07. The van der Waals surface area contributed by atoms with Gasteiger partial charge in [0, 0.05) is 12.3 Å². The predicted octanol–water partition coefficient (Wildman–Crippen LogP) is 0.962. The van der Waals surface area contributed by atoms with E-state index in [-0.39, 0.29) is 11.3 Å². The van der Waals surface area contributed by atoms with Crippen LogP contribution in [0.5, 0.6) is 0 Å². The Balaban J connectivity index is 2.09. The van der Waals surface area contributed by atoms with Gasteiger partial charge >= 0.3 is 5.97 Å². The van der Waals surface area contributed by atoms with E-state index in [1.165, 1.54) is 18.5 Å². The van der Waals surface area contributed by atoms with E-state index in [9.17, 15) is 4.79 Å². The first kappa shape index (κ1) is 10.9. The van der Waals surface area contributed by atoms with Crippen LogP contribution < -0.4 is 11.1 Å². The molecule has 7 heteroatoms. The maximum absolute atomic E-state index is 10.7. The first-order chi connectivity index (χ1) is 8.16. The highest BCUT2D eigenvalue weighted by Crippen LogP contribution is 2.17. The second kappa shape index (κ2) is 4.52. The average molecular weight is 234 g/mol. The largest absolute Gasteiger partial charge is 0.478 e. The van der Waals surface area contributed by atoms with Gasteiger partial charge in [-0.05, 0) is 6.07 Å². The summed E-state index contributed by atoms with van der Waals surface area (Å²) in [5.74, 6) is -0.648. The van der Waals surface area contributed by atoms with Gasteiger partial charge in [0.05, 0.1) is 17.8 Å². The van der Waals surface area contributed by atoms with Crippen LogP contribution in [-0.2, 0) is 6.54 Å². The summed E-state index contributed by atoms with van der Waals surface area (Å²) in [4.78, 5) is 14.6. The molecular formula is C10H10N4O3. The molecule has 0 saturated heterocycles. The standard InChI is InChI=1S/C10H10N4O3/c11-8-3-6(10(15)16)4-12-9(8)13-5-7-1-2-17-14-7/h1-4H,5,11H2,(H,12,13)(H,15,16). The van der Waals surface area contributed by atoms with E-state index < -0.39 is 5.97 Å². The van der Waals surface area contributed by atoms with E-state index in [1.807, 2.05) is 0 Å².